The normalized spacial score (nSPS) is 22.1. The number of rotatable bonds is 5. The lowest BCUT2D eigenvalue weighted by Gasteiger charge is -2.24. The first kappa shape index (κ1) is 21.1. The van der Waals surface area contributed by atoms with Crippen LogP contribution in [0.5, 0.6) is 0 Å². The van der Waals surface area contributed by atoms with Gasteiger partial charge in [0.15, 0.2) is 0 Å². The van der Waals surface area contributed by atoms with Crippen molar-refractivity contribution in [1.82, 2.24) is 4.57 Å². The number of aromatic nitrogens is 1. The van der Waals surface area contributed by atoms with E-state index in [0.717, 1.165) is 35.2 Å². The first-order valence-corrected chi connectivity index (χ1v) is 10.6. The molecule has 1 aromatic rings. The summed E-state index contributed by atoms with van der Waals surface area (Å²) in [4.78, 5) is 25.5. The molecular weight excluding hydrogens is 362 g/mol. The second-order valence-electron chi connectivity index (χ2n) is 7.66. The van der Waals surface area contributed by atoms with E-state index < -0.39 is 0 Å². The van der Waals surface area contributed by atoms with Gasteiger partial charge in [0, 0.05) is 0 Å². The van der Waals surface area contributed by atoms with Crippen molar-refractivity contribution in [1.29, 1.82) is 0 Å². The predicted octanol–water partition coefficient (Wildman–Crippen LogP) is 5.43. The van der Waals surface area contributed by atoms with Crippen molar-refractivity contribution in [3.05, 3.63) is 74.3 Å². The third kappa shape index (κ3) is 3.81. The molecule has 3 rings (SSSR count). The minimum absolute atomic E-state index is 0.0300. The average Bonchev–Trinajstić information content (AvgIpc) is 3.05. The molecule has 1 unspecified atom stereocenters. The highest BCUT2D eigenvalue weighted by Gasteiger charge is 2.34. The van der Waals surface area contributed by atoms with E-state index >= 15 is 0 Å². The zero-order valence-corrected chi connectivity index (χ0v) is 18.2. The number of hydrogen-bond donors (Lipinski definition) is 0. The Kier molecular flexibility index (Phi) is 6.41. The molecule has 4 nitrogen and oxygen atoms in total. The number of cyclic esters (lactones) is 1. The van der Waals surface area contributed by atoms with Crippen LogP contribution in [0.4, 0.5) is 0 Å². The van der Waals surface area contributed by atoms with Crippen LogP contribution in [0.15, 0.2) is 51.9 Å². The van der Waals surface area contributed by atoms with Gasteiger partial charge in [-0.25, -0.2) is 0 Å². The summed E-state index contributed by atoms with van der Waals surface area (Å²) in [6, 6.07) is 2.05. The van der Waals surface area contributed by atoms with Gasteiger partial charge in [-0.05, 0) is 73.1 Å². The number of pyridine rings is 1. The molecule has 1 atom stereocenters. The van der Waals surface area contributed by atoms with Crippen molar-refractivity contribution in [3.8, 4) is 0 Å². The first-order chi connectivity index (χ1) is 14.0. The summed E-state index contributed by atoms with van der Waals surface area (Å²) >= 11 is 0. The van der Waals surface area contributed by atoms with Gasteiger partial charge in [-0.1, -0.05) is 39.0 Å². The Balaban J connectivity index is 2.19. The minimum atomic E-state index is -0.353. The fourth-order valence-corrected chi connectivity index (χ4v) is 4.19. The summed E-state index contributed by atoms with van der Waals surface area (Å²) in [5.74, 6) is -0.579. The lowest BCUT2D eigenvalue weighted by molar-refractivity contribution is -0.148. The molecule has 0 bridgehead atoms. The van der Waals surface area contributed by atoms with Gasteiger partial charge in [0.05, 0.1) is 23.7 Å². The lowest BCUT2D eigenvalue weighted by Crippen LogP contribution is -2.32. The van der Waals surface area contributed by atoms with Crippen LogP contribution in [-0.2, 0) is 22.7 Å². The molecular formula is C25H31NO3. The monoisotopic (exact) mass is 393 g/mol. The van der Waals surface area contributed by atoms with E-state index in [1.165, 1.54) is 11.1 Å². The van der Waals surface area contributed by atoms with Crippen LogP contribution >= 0.6 is 0 Å². The summed E-state index contributed by atoms with van der Waals surface area (Å²) < 4.78 is 7.13. The molecule has 2 aliphatic heterocycles. The molecule has 0 saturated heterocycles. The van der Waals surface area contributed by atoms with E-state index in [-0.39, 0.29) is 24.1 Å². The van der Waals surface area contributed by atoms with E-state index in [1.54, 1.807) is 0 Å². The zero-order chi connectivity index (χ0) is 21.1. The van der Waals surface area contributed by atoms with Crippen molar-refractivity contribution in [2.24, 2.45) is 0 Å². The minimum Gasteiger partial charge on any atom is -0.460 e. The topological polar surface area (TPSA) is 48.3 Å². The fourth-order valence-electron chi connectivity index (χ4n) is 4.19. The van der Waals surface area contributed by atoms with E-state index in [1.807, 2.05) is 18.4 Å². The predicted molar refractivity (Wildman–Crippen MR) is 118 cm³/mol. The molecule has 154 valence electrons. The molecule has 0 fully saturated rings. The van der Waals surface area contributed by atoms with E-state index in [9.17, 15) is 9.59 Å². The van der Waals surface area contributed by atoms with E-state index in [2.05, 4.69) is 51.1 Å². The first-order valence-electron chi connectivity index (χ1n) is 10.6. The Morgan fingerprint density at radius 1 is 1.24 bits per heavy atom. The highest BCUT2D eigenvalue weighted by Crippen LogP contribution is 2.37. The smallest absolute Gasteiger partial charge is 0.313 e. The van der Waals surface area contributed by atoms with Crippen LogP contribution in [0.3, 0.4) is 0 Å². The molecule has 0 aliphatic carbocycles. The van der Waals surface area contributed by atoms with Gasteiger partial charge in [0.25, 0.3) is 5.56 Å². The van der Waals surface area contributed by atoms with Crippen LogP contribution in [0.25, 0.3) is 5.57 Å². The Bertz CT molecular complexity index is 1000. The number of allylic oxidation sites excluding steroid dienone is 8. The molecule has 0 amide bonds. The number of fused-ring (bicyclic) bond motifs is 2. The van der Waals surface area contributed by atoms with Crippen LogP contribution in [0.1, 0.15) is 76.6 Å². The maximum atomic E-state index is 13.3. The maximum Gasteiger partial charge on any atom is 0.313 e. The summed E-state index contributed by atoms with van der Waals surface area (Å²) in [5, 5.41) is 0. The highest BCUT2D eigenvalue weighted by molar-refractivity contribution is 5.84. The number of esters is 1. The van der Waals surface area contributed by atoms with Crippen LogP contribution in [0, 0.1) is 0 Å². The van der Waals surface area contributed by atoms with Crippen molar-refractivity contribution in [2.75, 3.05) is 0 Å². The molecule has 1 aromatic heterocycles. The molecule has 0 spiro atoms. The van der Waals surface area contributed by atoms with E-state index in [0.29, 0.717) is 18.5 Å². The molecule has 4 heteroatoms. The van der Waals surface area contributed by atoms with Crippen LogP contribution in [-0.4, -0.2) is 10.5 Å². The standard InChI is InChI=1S/C25H31NO3/c1-6-10-17(16(5)8-3)12-18-14-26-23(20(18)11-7-2)13-21-19(9-4)25(28)29-15-22(21)24(26)27/h8,10-13,19H,6-7,9,14-15H2,1-5H3/b16-8-,17-10-,18-12-,20-11-. The zero-order valence-electron chi connectivity index (χ0n) is 18.2. The largest absolute Gasteiger partial charge is 0.460 e. The molecule has 0 saturated carbocycles. The Morgan fingerprint density at radius 2 is 2.00 bits per heavy atom. The van der Waals surface area contributed by atoms with Gasteiger partial charge >= 0.3 is 5.97 Å². The number of carbonyl (C=O) groups excluding carboxylic acids is 1. The second kappa shape index (κ2) is 8.81. The van der Waals surface area contributed by atoms with Gasteiger partial charge in [0.2, 0.25) is 0 Å². The van der Waals surface area contributed by atoms with Crippen molar-refractivity contribution >= 4 is 11.5 Å². The average molecular weight is 394 g/mol. The van der Waals surface area contributed by atoms with Gasteiger partial charge in [0.1, 0.15) is 6.61 Å². The highest BCUT2D eigenvalue weighted by atomic mass is 16.5. The van der Waals surface area contributed by atoms with Crippen molar-refractivity contribution < 1.29 is 9.53 Å². The van der Waals surface area contributed by atoms with Crippen LogP contribution in [0.2, 0.25) is 0 Å². The fraction of sp³-hybridized carbons (Fsp3) is 0.440. The molecule has 2 aliphatic rings. The van der Waals surface area contributed by atoms with Crippen molar-refractivity contribution in [2.45, 2.75) is 73.0 Å². The number of hydrogen-bond acceptors (Lipinski definition) is 3. The second-order valence-corrected chi connectivity index (χ2v) is 7.66. The van der Waals surface area contributed by atoms with Gasteiger partial charge in [-0.3, -0.25) is 9.59 Å². The number of ether oxygens (including phenoxy) is 1. The van der Waals surface area contributed by atoms with Crippen LogP contribution < -0.4 is 5.56 Å². The number of carbonyl (C=O) groups is 1. The van der Waals surface area contributed by atoms with Gasteiger partial charge in [-0.15, -0.1) is 0 Å². The molecule has 0 N–H and O–H groups in total. The maximum absolute atomic E-state index is 13.3. The van der Waals surface area contributed by atoms with Gasteiger partial charge < -0.3 is 9.30 Å². The third-order valence-electron chi connectivity index (χ3n) is 5.86. The summed E-state index contributed by atoms with van der Waals surface area (Å²) in [6.45, 7) is 11.0. The third-order valence-corrected chi connectivity index (χ3v) is 5.86. The Hall–Kier alpha value is -2.62. The lowest BCUT2D eigenvalue weighted by atomic mass is 9.89. The SMILES string of the molecule is C\C=C(C)/C(=C\CC)/C=C1/Cn2c(cc3c(c2=O)COC(=O)C3CC)/C1=C\CC. The van der Waals surface area contributed by atoms with Gasteiger partial charge in [-0.2, -0.15) is 0 Å². The quantitative estimate of drug-likeness (QED) is 0.495. The summed E-state index contributed by atoms with van der Waals surface area (Å²) in [6.07, 6.45) is 11.2. The Labute approximate surface area is 173 Å². The summed E-state index contributed by atoms with van der Waals surface area (Å²) in [5.41, 5.74) is 7.04. The molecule has 29 heavy (non-hydrogen) atoms. The molecule has 3 heterocycles. The Morgan fingerprint density at radius 3 is 2.62 bits per heavy atom. The molecule has 0 aromatic carbocycles. The van der Waals surface area contributed by atoms with Crippen molar-refractivity contribution in [3.63, 3.8) is 0 Å². The number of nitrogens with zero attached hydrogens (tertiary/aromatic N) is 1. The van der Waals surface area contributed by atoms with E-state index in [4.69, 9.17) is 4.74 Å². The molecule has 0 radical (unpaired) electrons. The summed E-state index contributed by atoms with van der Waals surface area (Å²) in [7, 11) is 0.